The predicted octanol–water partition coefficient (Wildman–Crippen LogP) is 0.784. The first kappa shape index (κ1) is 11.5. The summed E-state index contributed by atoms with van der Waals surface area (Å²) in [7, 11) is 1.52. The summed E-state index contributed by atoms with van der Waals surface area (Å²) in [5, 5.41) is 2.51. The van der Waals surface area contributed by atoms with Crippen LogP contribution in [-0.4, -0.2) is 26.2 Å². The van der Waals surface area contributed by atoms with Crippen molar-refractivity contribution in [2.24, 2.45) is 0 Å². The molecule has 0 aliphatic heterocycles. The number of nitrogens with one attached hydrogen (secondary N) is 1. The molecule has 0 aliphatic rings. The van der Waals surface area contributed by atoms with E-state index < -0.39 is 11.7 Å². The summed E-state index contributed by atoms with van der Waals surface area (Å²) >= 11 is 0. The van der Waals surface area contributed by atoms with Crippen LogP contribution in [0.1, 0.15) is 10.4 Å². The molecule has 0 unspecified atom stereocenters. The second-order valence-corrected chi connectivity index (χ2v) is 2.99. The third-order valence-corrected chi connectivity index (χ3v) is 1.83. The number of nitrogen functional groups attached to an aromatic ring is 1. The van der Waals surface area contributed by atoms with Crippen LogP contribution in [0, 0.1) is 5.82 Å². The van der Waals surface area contributed by atoms with E-state index in [-0.39, 0.29) is 5.56 Å². The lowest BCUT2D eigenvalue weighted by Crippen LogP contribution is -2.27. The second-order valence-electron chi connectivity index (χ2n) is 2.99. The van der Waals surface area contributed by atoms with Crippen LogP contribution < -0.4 is 11.1 Å². The molecule has 0 spiro atoms. The van der Waals surface area contributed by atoms with E-state index in [4.69, 9.17) is 10.5 Å². The number of amides is 1. The van der Waals surface area contributed by atoms with Crippen LogP contribution in [0.2, 0.25) is 0 Å². The van der Waals surface area contributed by atoms with Crippen molar-refractivity contribution in [3.05, 3.63) is 29.6 Å². The lowest BCUT2D eigenvalue weighted by molar-refractivity contribution is 0.0933. The van der Waals surface area contributed by atoms with Gasteiger partial charge < -0.3 is 15.8 Å². The predicted molar refractivity (Wildman–Crippen MR) is 55.0 cm³/mol. The van der Waals surface area contributed by atoms with E-state index in [0.717, 1.165) is 0 Å². The molecular weight excluding hydrogens is 199 g/mol. The summed E-state index contributed by atoms with van der Waals surface area (Å²) < 4.78 is 17.9. The molecule has 0 fully saturated rings. The van der Waals surface area contributed by atoms with Crippen LogP contribution in [0.3, 0.4) is 0 Å². The van der Waals surface area contributed by atoms with Crippen LogP contribution in [-0.2, 0) is 4.74 Å². The summed E-state index contributed by atoms with van der Waals surface area (Å²) in [4.78, 5) is 11.4. The van der Waals surface area contributed by atoms with Gasteiger partial charge in [-0.2, -0.15) is 0 Å². The van der Waals surface area contributed by atoms with E-state index in [1.54, 1.807) is 0 Å². The zero-order valence-corrected chi connectivity index (χ0v) is 8.42. The van der Waals surface area contributed by atoms with Crippen LogP contribution in [0.15, 0.2) is 18.2 Å². The van der Waals surface area contributed by atoms with Gasteiger partial charge in [0.1, 0.15) is 5.82 Å². The number of ether oxygens (including phenoxy) is 1. The lowest BCUT2D eigenvalue weighted by atomic mass is 10.2. The van der Waals surface area contributed by atoms with Crippen LogP contribution in [0.5, 0.6) is 0 Å². The quantitative estimate of drug-likeness (QED) is 0.572. The largest absolute Gasteiger partial charge is 0.399 e. The number of carbonyl (C=O) groups is 1. The molecule has 0 aliphatic carbocycles. The average molecular weight is 212 g/mol. The Bertz CT molecular complexity index is 355. The van der Waals surface area contributed by atoms with Gasteiger partial charge in [-0.1, -0.05) is 0 Å². The van der Waals surface area contributed by atoms with E-state index in [2.05, 4.69) is 5.32 Å². The Hall–Kier alpha value is -1.62. The van der Waals surface area contributed by atoms with Gasteiger partial charge in [-0.3, -0.25) is 4.79 Å². The van der Waals surface area contributed by atoms with Crippen molar-refractivity contribution < 1.29 is 13.9 Å². The van der Waals surface area contributed by atoms with Gasteiger partial charge in [-0.15, -0.1) is 0 Å². The molecule has 82 valence electrons. The van der Waals surface area contributed by atoms with Gasteiger partial charge in [-0.05, 0) is 18.2 Å². The normalized spacial score (nSPS) is 10.0. The molecule has 5 heteroatoms. The van der Waals surface area contributed by atoms with Crippen molar-refractivity contribution in [1.82, 2.24) is 5.32 Å². The number of hydrogen-bond donors (Lipinski definition) is 2. The molecule has 1 aromatic carbocycles. The number of carbonyl (C=O) groups excluding carboxylic acids is 1. The molecule has 4 nitrogen and oxygen atoms in total. The van der Waals surface area contributed by atoms with Gasteiger partial charge in [0.05, 0.1) is 12.2 Å². The van der Waals surface area contributed by atoms with Crippen molar-refractivity contribution in [3.63, 3.8) is 0 Å². The minimum atomic E-state index is -0.584. The van der Waals surface area contributed by atoms with Crippen LogP contribution in [0.25, 0.3) is 0 Å². The highest BCUT2D eigenvalue weighted by Gasteiger charge is 2.10. The maximum absolute atomic E-state index is 13.2. The highest BCUT2D eigenvalue weighted by molar-refractivity contribution is 5.95. The van der Waals surface area contributed by atoms with E-state index in [1.807, 2.05) is 0 Å². The van der Waals surface area contributed by atoms with Crippen molar-refractivity contribution >= 4 is 11.6 Å². The van der Waals surface area contributed by atoms with Gasteiger partial charge in [0, 0.05) is 19.3 Å². The maximum atomic E-state index is 13.2. The minimum Gasteiger partial charge on any atom is -0.399 e. The van der Waals surface area contributed by atoms with Gasteiger partial charge in [0.25, 0.3) is 5.91 Å². The highest BCUT2D eigenvalue weighted by Crippen LogP contribution is 2.11. The van der Waals surface area contributed by atoms with Gasteiger partial charge in [0.2, 0.25) is 0 Å². The molecule has 1 rings (SSSR count). The molecule has 15 heavy (non-hydrogen) atoms. The smallest absolute Gasteiger partial charge is 0.254 e. The van der Waals surface area contributed by atoms with Crippen LogP contribution >= 0.6 is 0 Å². The Kier molecular flexibility index (Phi) is 4.05. The van der Waals surface area contributed by atoms with Gasteiger partial charge >= 0.3 is 0 Å². The zero-order valence-electron chi connectivity index (χ0n) is 8.42. The van der Waals surface area contributed by atoms with Crippen molar-refractivity contribution in [3.8, 4) is 0 Å². The molecule has 0 atom stereocenters. The second kappa shape index (κ2) is 5.31. The molecule has 0 aromatic heterocycles. The average Bonchev–Trinajstić information content (AvgIpc) is 2.22. The Labute approximate surface area is 87.2 Å². The number of hydrogen-bond acceptors (Lipinski definition) is 3. The number of rotatable bonds is 4. The molecule has 0 radical (unpaired) electrons. The summed E-state index contributed by atoms with van der Waals surface area (Å²) in [5.41, 5.74) is 5.75. The van der Waals surface area contributed by atoms with Crippen molar-refractivity contribution in [2.45, 2.75) is 0 Å². The molecular formula is C10H13FN2O2. The fourth-order valence-electron chi connectivity index (χ4n) is 1.08. The Morgan fingerprint density at radius 1 is 1.60 bits per heavy atom. The summed E-state index contributed by atoms with van der Waals surface area (Å²) in [6.07, 6.45) is 0. The third kappa shape index (κ3) is 3.21. The molecule has 0 bridgehead atoms. The molecule has 3 N–H and O–H groups in total. The number of nitrogens with two attached hydrogens (primary N) is 1. The van der Waals surface area contributed by atoms with Crippen molar-refractivity contribution in [1.29, 1.82) is 0 Å². The molecule has 1 aromatic rings. The monoisotopic (exact) mass is 212 g/mol. The number of methoxy groups -OCH3 is 1. The fourth-order valence-corrected chi connectivity index (χ4v) is 1.08. The van der Waals surface area contributed by atoms with Gasteiger partial charge in [-0.25, -0.2) is 4.39 Å². The van der Waals surface area contributed by atoms with E-state index >= 15 is 0 Å². The number of anilines is 1. The number of halogens is 1. The summed E-state index contributed by atoms with van der Waals surface area (Å²) in [6, 6.07) is 3.87. The maximum Gasteiger partial charge on any atom is 0.254 e. The minimum absolute atomic E-state index is 0.0499. The van der Waals surface area contributed by atoms with E-state index in [1.165, 1.54) is 25.3 Å². The zero-order chi connectivity index (χ0) is 11.3. The molecule has 0 saturated heterocycles. The summed E-state index contributed by atoms with van der Waals surface area (Å²) in [6.45, 7) is 0.721. The number of benzene rings is 1. The lowest BCUT2D eigenvalue weighted by Gasteiger charge is -2.05. The fraction of sp³-hybridized carbons (Fsp3) is 0.300. The molecule has 1 amide bonds. The highest BCUT2D eigenvalue weighted by atomic mass is 19.1. The SMILES string of the molecule is COCCNC(=O)c1cc(N)ccc1F. The van der Waals surface area contributed by atoms with E-state index in [0.29, 0.717) is 18.8 Å². The topological polar surface area (TPSA) is 64.3 Å². The van der Waals surface area contributed by atoms with Gasteiger partial charge in [0.15, 0.2) is 0 Å². The molecule has 0 saturated carbocycles. The molecule has 0 heterocycles. The van der Waals surface area contributed by atoms with Crippen LogP contribution in [0.4, 0.5) is 10.1 Å². The summed E-state index contributed by atoms with van der Waals surface area (Å²) in [5.74, 6) is -1.07. The first-order valence-electron chi connectivity index (χ1n) is 4.47. The van der Waals surface area contributed by atoms with E-state index in [9.17, 15) is 9.18 Å². The Morgan fingerprint density at radius 2 is 2.33 bits per heavy atom. The third-order valence-electron chi connectivity index (χ3n) is 1.83. The standard InChI is InChI=1S/C10H13FN2O2/c1-15-5-4-13-10(14)8-6-7(12)2-3-9(8)11/h2-3,6H,4-5,12H2,1H3,(H,13,14). The van der Waals surface area contributed by atoms with Crippen molar-refractivity contribution in [2.75, 3.05) is 26.0 Å². The Morgan fingerprint density at radius 3 is 3.00 bits per heavy atom. The first-order chi connectivity index (χ1) is 7.15. The Balaban J connectivity index is 2.68. The first-order valence-corrected chi connectivity index (χ1v) is 4.47.